The molecule has 0 atom stereocenters. The van der Waals surface area contributed by atoms with Crippen molar-refractivity contribution in [1.82, 2.24) is 25.1 Å². The number of tetrazole rings is 1. The number of carbonyl (C=O) groups is 2. The molecule has 0 spiro atoms. The molecule has 21 heavy (non-hydrogen) atoms. The van der Waals surface area contributed by atoms with Gasteiger partial charge in [0.25, 0.3) is 11.8 Å². The molecule has 1 aromatic heterocycles. The quantitative estimate of drug-likeness (QED) is 0.626. The van der Waals surface area contributed by atoms with Crippen LogP contribution in [0, 0.1) is 0 Å². The van der Waals surface area contributed by atoms with E-state index in [0.717, 1.165) is 12.8 Å². The Morgan fingerprint density at radius 1 is 1.14 bits per heavy atom. The van der Waals surface area contributed by atoms with Gasteiger partial charge in [0.05, 0.1) is 23.0 Å². The molecule has 1 fully saturated rings. The van der Waals surface area contributed by atoms with Crippen LogP contribution in [0.3, 0.4) is 0 Å². The van der Waals surface area contributed by atoms with Crippen LogP contribution in [-0.4, -0.2) is 42.8 Å². The van der Waals surface area contributed by atoms with Crippen molar-refractivity contribution in [2.45, 2.75) is 24.0 Å². The number of thioether (sulfide) groups is 1. The van der Waals surface area contributed by atoms with Crippen LogP contribution in [0.25, 0.3) is 0 Å². The van der Waals surface area contributed by atoms with Gasteiger partial charge in [-0.2, -0.15) is 0 Å². The third-order valence-electron chi connectivity index (χ3n) is 3.56. The summed E-state index contributed by atoms with van der Waals surface area (Å²) in [6, 6.07) is 7.23. The van der Waals surface area contributed by atoms with Crippen molar-refractivity contribution in [3.63, 3.8) is 0 Å². The first-order valence-electron chi connectivity index (χ1n) is 6.61. The second-order valence-corrected chi connectivity index (χ2v) is 5.91. The Morgan fingerprint density at radius 3 is 2.43 bits per heavy atom. The lowest BCUT2D eigenvalue weighted by atomic mass is 10.1. The van der Waals surface area contributed by atoms with E-state index in [4.69, 9.17) is 0 Å². The maximum Gasteiger partial charge on any atom is 0.262 e. The number of aromatic nitrogens is 4. The number of hydrogen-bond acceptors (Lipinski definition) is 6. The van der Waals surface area contributed by atoms with Crippen LogP contribution >= 0.6 is 11.8 Å². The highest BCUT2D eigenvalue weighted by Gasteiger charge is 2.35. The normalized spacial score (nSPS) is 17.4. The molecule has 8 heteroatoms. The topological polar surface area (TPSA) is 81.0 Å². The van der Waals surface area contributed by atoms with Crippen molar-refractivity contribution in [3.8, 4) is 0 Å². The predicted molar refractivity (Wildman–Crippen MR) is 73.8 cm³/mol. The van der Waals surface area contributed by atoms with Crippen LogP contribution in [0.5, 0.6) is 0 Å². The summed E-state index contributed by atoms with van der Waals surface area (Å²) in [5.41, 5.74) is 0.926. The Kier molecular flexibility index (Phi) is 2.78. The maximum atomic E-state index is 12.2. The number of rotatable bonds is 4. The molecule has 0 bridgehead atoms. The standard InChI is InChI=1S/C13H11N5O2S/c19-11-9-3-1-2-4-10(9)12(20)17(11)7-21-13-14-15-16-18(13)8-5-6-8/h1-4,8H,5-7H2. The SMILES string of the molecule is O=C1c2ccccc2C(=O)N1CSc1nnnn1C1CC1. The summed E-state index contributed by atoms with van der Waals surface area (Å²) in [5, 5.41) is 12.2. The monoisotopic (exact) mass is 301 g/mol. The second-order valence-electron chi connectivity index (χ2n) is 4.99. The van der Waals surface area contributed by atoms with Gasteiger partial charge in [-0.3, -0.25) is 14.5 Å². The summed E-state index contributed by atoms with van der Waals surface area (Å²) >= 11 is 1.31. The zero-order valence-electron chi connectivity index (χ0n) is 11.0. The molecule has 1 aromatic carbocycles. The van der Waals surface area contributed by atoms with Crippen LogP contribution in [0.4, 0.5) is 0 Å². The van der Waals surface area contributed by atoms with E-state index in [2.05, 4.69) is 15.5 Å². The summed E-state index contributed by atoms with van der Waals surface area (Å²) < 4.78 is 1.77. The number of benzene rings is 1. The first-order valence-corrected chi connectivity index (χ1v) is 7.60. The molecule has 4 rings (SSSR count). The number of carbonyl (C=O) groups excluding carboxylic acids is 2. The number of amides is 2. The fourth-order valence-corrected chi connectivity index (χ4v) is 3.20. The van der Waals surface area contributed by atoms with Crippen LogP contribution in [0.1, 0.15) is 39.6 Å². The highest BCUT2D eigenvalue weighted by atomic mass is 32.2. The largest absolute Gasteiger partial charge is 0.269 e. The number of hydrogen-bond donors (Lipinski definition) is 0. The van der Waals surface area contributed by atoms with Crippen molar-refractivity contribution in [3.05, 3.63) is 35.4 Å². The molecule has 1 aliphatic heterocycles. The molecule has 0 saturated heterocycles. The lowest BCUT2D eigenvalue weighted by Gasteiger charge is -2.12. The molecule has 2 heterocycles. The lowest BCUT2D eigenvalue weighted by molar-refractivity contribution is 0.0684. The van der Waals surface area contributed by atoms with E-state index >= 15 is 0 Å². The third-order valence-corrected chi connectivity index (χ3v) is 4.47. The zero-order valence-corrected chi connectivity index (χ0v) is 11.8. The van der Waals surface area contributed by atoms with Gasteiger partial charge >= 0.3 is 0 Å². The highest BCUT2D eigenvalue weighted by Crippen LogP contribution is 2.36. The molecule has 0 N–H and O–H groups in total. The molecule has 1 saturated carbocycles. The van der Waals surface area contributed by atoms with Gasteiger partial charge < -0.3 is 0 Å². The minimum absolute atomic E-state index is 0.222. The van der Waals surface area contributed by atoms with Gasteiger partial charge in [0.1, 0.15) is 0 Å². The first kappa shape index (κ1) is 12.5. The first-order chi connectivity index (χ1) is 10.3. The average Bonchev–Trinajstić information content (AvgIpc) is 3.20. The zero-order chi connectivity index (χ0) is 14.4. The Morgan fingerprint density at radius 2 is 1.81 bits per heavy atom. The highest BCUT2D eigenvalue weighted by molar-refractivity contribution is 7.99. The average molecular weight is 301 g/mol. The van der Waals surface area contributed by atoms with Gasteiger partial charge in [-0.05, 0) is 35.4 Å². The second kappa shape index (κ2) is 4.66. The van der Waals surface area contributed by atoms with E-state index in [9.17, 15) is 9.59 Å². The molecule has 106 valence electrons. The molecule has 2 amide bonds. The molecule has 2 aliphatic rings. The van der Waals surface area contributed by atoms with Crippen LogP contribution in [-0.2, 0) is 0 Å². The summed E-state index contributed by atoms with van der Waals surface area (Å²) in [4.78, 5) is 25.7. The molecule has 0 radical (unpaired) electrons. The Bertz CT molecular complexity index is 705. The Hall–Kier alpha value is -2.22. The van der Waals surface area contributed by atoms with Crippen molar-refractivity contribution in [1.29, 1.82) is 0 Å². The van der Waals surface area contributed by atoms with E-state index in [1.54, 1.807) is 28.9 Å². The maximum absolute atomic E-state index is 12.2. The van der Waals surface area contributed by atoms with Crippen LogP contribution in [0.15, 0.2) is 29.4 Å². The minimum atomic E-state index is -0.256. The molecule has 1 aliphatic carbocycles. The molecular weight excluding hydrogens is 290 g/mol. The van der Waals surface area contributed by atoms with E-state index in [-0.39, 0.29) is 17.7 Å². The summed E-state index contributed by atoms with van der Waals surface area (Å²) in [6.07, 6.45) is 2.15. The van der Waals surface area contributed by atoms with E-state index < -0.39 is 0 Å². The van der Waals surface area contributed by atoms with Crippen molar-refractivity contribution >= 4 is 23.6 Å². The van der Waals surface area contributed by atoms with E-state index in [1.807, 2.05) is 0 Å². The minimum Gasteiger partial charge on any atom is -0.269 e. The van der Waals surface area contributed by atoms with Gasteiger partial charge in [-0.25, -0.2) is 4.68 Å². The molecular formula is C13H11N5O2S. The van der Waals surface area contributed by atoms with Crippen molar-refractivity contribution < 1.29 is 9.59 Å². The van der Waals surface area contributed by atoms with Gasteiger partial charge in [0, 0.05) is 0 Å². The lowest BCUT2D eigenvalue weighted by Crippen LogP contribution is -2.29. The number of fused-ring (bicyclic) bond motifs is 1. The predicted octanol–water partition coefficient (Wildman–Crippen LogP) is 1.35. The molecule has 7 nitrogen and oxygen atoms in total. The summed E-state index contributed by atoms with van der Waals surface area (Å²) in [7, 11) is 0. The van der Waals surface area contributed by atoms with Gasteiger partial charge in [-0.1, -0.05) is 23.9 Å². The Balaban J connectivity index is 1.52. The third kappa shape index (κ3) is 2.02. The van der Waals surface area contributed by atoms with Crippen molar-refractivity contribution in [2.24, 2.45) is 0 Å². The molecule has 0 unspecified atom stereocenters. The van der Waals surface area contributed by atoms with Crippen molar-refractivity contribution in [2.75, 3.05) is 5.88 Å². The van der Waals surface area contributed by atoms with E-state index in [0.29, 0.717) is 22.3 Å². The smallest absolute Gasteiger partial charge is 0.262 e. The summed E-state index contributed by atoms with van der Waals surface area (Å²) in [6.45, 7) is 0. The van der Waals surface area contributed by atoms with Crippen LogP contribution < -0.4 is 0 Å². The molecule has 2 aromatic rings. The van der Waals surface area contributed by atoms with Gasteiger partial charge in [0.2, 0.25) is 5.16 Å². The Labute approximate surface area is 124 Å². The van der Waals surface area contributed by atoms with E-state index in [1.165, 1.54) is 16.7 Å². The summed E-state index contributed by atoms with van der Waals surface area (Å²) in [5.74, 6) is -0.290. The number of nitrogens with zero attached hydrogens (tertiary/aromatic N) is 5. The van der Waals surface area contributed by atoms with Gasteiger partial charge in [-0.15, -0.1) is 5.10 Å². The van der Waals surface area contributed by atoms with Crippen LogP contribution in [0.2, 0.25) is 0 Å². The fourth-order valence-electron chi connectivity index (χ4n) is 2.31. The van der Waals surface area contributed by atoms with Gasteiger partial charge in [0.15, 0.2) is 0 Å². The number of imide groups is 1. The fraction of sp³-hybridized carbons (Fsp3) is 0.308.